The van der Waals surface area contributed by atoms with E-state index in [0.717, 1.165) is 30.6 Å². The molecule has 1 aliphatic heterocycles. The number of nitrogens with zero attached hydrogens (tertiary/aromatic N) is 1. The largest absolute Gasteiger partial charge is 0.497 e. The highest BCUT2D eigenvalue weighted by Crippen LogP contribution is 2.30. The third-order valence-corrected chi connectivity index (χ3v) is 6.90. The van der Waals surface area contributed by atoms with Gasteiger partial charge in [0.1, 0.15) is 11.5 Å². The third-order valence-electron chi connectivity index (χ3n) is 5.00. The molecule has 0 spiro atoms. The minimum atomic E-state index is -3.62. The summed E-state index contributed by atoms with van der Waals surface area (Å²) in [5.41, 5.74) is 1.16. The van der Waals surface area contributed by atoms with Gasteiger partial charge in [-0.25, -0.2) is 8.42 Å². The average Bonchev–Trinajstić information content (AvgIpc) is 2.80. The van der Waals surface area contributed by atoms with Crippen LogP contribution in [0.4, 0.5) is 5.69 Å². The number of carbonyl (C=O) groups excluding carboxylic acids is 1. The first kappa shape index (κ1) is 22.8. The molecule has 2 aromatic rings. The molecule has 1 N–H and O–H groups in total. The fraction of sp³-hybridized carbons (Fsp3) is 0.348. The number of hydrogen-bond acceptors (Lipinski definition) is 5. The lowest BCUT2D eigenvalue weighted by Crippen LogP contribution is -2.35. The van der Waals surface area contributed by atoms with Gasteiger partial charge in [0.25, 0.3) is 0 Å². The van der Waals surface area contributed by atoms with Crippen molar-refractivity contribution in [1.29, 1.82) is 0 Å². The van der Waals surface area contributed by atoms with Gasteiger partial charge in [0.2, 0.25) is 15.9 Å². The van der Waals surface area contributed by atoms with E-state index in [1.54, 1.807) is 31.4 Å². The van der Waals surface area contributed by atoms with Gasteiger partial charge in [-0.2, -0.15) is 4.31 Å². The molecule has 0 atom stereocenters. The normalized spacial score (nSPS) is 15.0. The molecule has 0 radical (unpaired) electrons. The first-order chi connectivity index (χ1) is 14.9. The van der Waals surface area contributed by atoms with Gasteiger partial charge in [-0.3, -0.25) is 4.79 Å². The lowest BCUT2D eigenvalue weighted by atomic mass is 10.2. The van der Waals surface area contributed by atoms with Gasteiger partial charge in [-0.15, -0.1) is 0 Å². The number of methoxy groups -OCH3 is 1. The zero-order valence-corrected chi connectivity index (χ0v) is 18.7. The number of hydrogen-bond donors (Lipinski definition) is 1. The molecule has 1 heterocycles. The quantitative estimate of drug-likeness (QED) is 0.624. The zero-order valence-electron chi connectivity index (χ0n) is 17.8. The fourth-order valence-corrected chi connectivity index (χ4v) is 4.91. The number of piperidine rings is 1. The van der Waals surface area contributed by atoms with Crippen LogP contribution in [0, 0.1) is 0 Å². The van der Waals surface area contributed by atoms with Crippen LogP contribution in [0.2, 0.25) is 0 Å². The lowest BCUT2D eigenvalue weighted by molar-refractivity contribution is -0.111. The van der Waals surface area contributed by atoms with E-state index >= 15 is 0 Å². The summed E-state index contributed by atoms with van der Waals surface area (Å²) in [5, 5.41) is 2.75. The molecule has 8 heteroatoms. The average molecular weight is 445 g/mol. The van der Waals surface area contributed by atoms with Crippen molar-refractivity contribution >= 4 is 27.7 Å². The van der Waals surface area contributed by atoms with Crippen molar-refractivity contribution in [3.63, 3.8) is 0 Å². The van der Waals surface area contributed by atoms with Gasteiger partial charge >= 0.3 is 0 Å². The molecule has 0 saturated carbocycles. The van der Waals surface area contributed by atoms with E-state index in [0.29, 0.717) is 31.1 Å². The molecule has 0 aromatic heterocycles. The molecule has 0 unspecified atom stereocenters. The minimum Gasteiger partial charge on any atom is -0.497 e. The van der Waals surface area contributed by atoms with Crippen LogP contribution in [0.1, 0.15) is 31.7 Å². The maximum absolute atomic E-state index is 13.0. The van der Waals surface area contributed by atoms with Gasteiger partial charge < -0.3 is 14.8 Å². The van der Waals surface area contributed by atoms with Crippen molar-refractivity contribution in [3.8, 4) is 11.5 Å². The van der Waals surface area contributed by atoms with Crippen LogP contribution in [0.5, 0.6) is 11.5 Å². The van der Waals surface area contributed by atoms with E-state index in [4.69, 9.17) is 9.47 Å². The summed E-state index contributed by atoms with van der Waals surface area (Å²) in [5.74, 6) is 0.769. The van der Waals surface area contributed by atoms with E-state index in [1.807, 2.05) is 19.1 Å². The number of carbonyl (C=O) groups is 1. The van der Waals surface area contributed by atoms with Crippen LogP contribution in [0.15, 0.2) is 53.4 Å². The van der Waals surface area contributed by atoms with Gasteiger partial charge in [-0.1, -0.05) is 18.6 Å². The SMILES string of the molecule is CCOc1ccc(S(=O)(=O)N2CCCCC2)cc1NC(=O)C=Cc1ccc(OC)cc1. The summed E-state index contributed by atoms with van der Waals surface area (Å²) >= 11 is 0. The summed E-state index contributed by atoms with van der Waals surface area (Å²) in [6, 6.07) is 11.9. The predicted octanol–water partition coefficient (Wildman–Crippen LogP) is 3.92. The number of sulfonamides is 1. The van der Waals surface area contributed by atoms with Gasteiger partial charge in [0.15, 0.2) is 0 Å². The van der Waals surface area contributed by atoms with Gasteiger partial charge in [0.05, 0.1) is 24.3 Å². The van der Waals surface area contributed by atoms with E-state index in [9.17, 15) is 13.2 Å². The summed E-state index contributed by atoms with van der Waals surface area (Å²) in [4.78, 5) is 12.6. The van der Waals surface area contributed by atoms with Crippen molar-refractivity contribution in [2.45, 2.75) is 31.1 Å². The molecular formula is C23H28N2O5S. The minimum absolute atomic E-state index is 0.146. The first-order valence-electron chi connectivity index (χ1n) is 10.3. The molecule has 3 rings (SSSR count). The molecule has 2 aromatic carbocycles. The van der Waals surface area contributed by atoms with Crippen LogP contribution < -0.4 is 14.8 Å². The van der Waals surface area contributed by atoms with Crippen molar-refractivity contribution < 1.29 is 22.7 Å². The third kappa shape index (κ3) is 5.86. The summed E-state index contributed by atoms with van der Waals surface area (Å²) < 4.78 is 38.2. The Hall–Kier alpha value is -2.84. The maximum atomic E-state index is 13.0. The zero-order chi connectivity index (χ0) is 22.3. The van der Waals surface area contributed by atoms with Crippen LogP contribution in [0.3, 0.4) is 0 Å². The molecular weight excluding hydrogens is 416 g/mol. The standard InChI is InChI=1S/C23H28N2O5S/c1-3-30-22-13-12-20(31(27,28)25-15-5-4-6-16-25)17-21(22)24-23(26)14-9-18-7-10-19(29-2)11-8-18/h7-14,17H,3-6,15-16H2,1-2H3,(H,24,26). The highest BCUT2D eigenvalue weighted by Gasteiger charge is 2.26. The van der Waals surface area contributed by atoms with Gasteiger partial charge in [-0.05, 0) is 61.7 Å². The Morgan fingerprint density at radius 2 is 1.81 bits per heavy atom. The van der Waals surface area contributed by atoms with Crippen molar-refractivity contribution in [1.82, 2.24) is 4.31 Å². The van der Waals surface area contributed by atoms with Crippen LogP contribution >= 0.6 is 0 Å². The van der Waals surface area contributed by atoms with E-state index in [2.05, 4.69) is 5.32 Å². The first-order valence-corrected chi connectivity index (χ1v) is 11.8. The summed E-state index contributed by atoms with van der Waals surface area (Å²) in [7, 11) is -2.03. The molecule has 1 fully saturated rings. The predicted molar refractivity (Wildman–Crippen MR) is 121 cm³/mol. The summed E-state index contributed by atoms with van der Waals surface area (Å²) in [6.45, 7) is 3.25. The number of amides is 1. The van der Waals surface area contributed by atoms with Crippen LogP contribution in [-0.2, 0) is 14.8 Å². The van der Waals surface area contributed by atoms with E-state index in [-0.39, 0.29) is 10.8 Å². The molecule has 1 amide bonds. The Morgan fingerprint density at radius 1 is 1.10 bits per heavy atom. The molecule has 31 heavy (non-hydrogen) atoms. The molecule has 7 nitrogen and oxygen atoms in total. The van der Waals surface area contributed by atoms with Crippen molar-refractivity contribution in [3.05, 3.63) is 54.1 Å². The molecule has 166 valence electrons. The van der Waals surface area contributed by atoms with E-state index in [1.165, 1.54) is 22.5 Å². The highest BCUT2D eigenvalue weighted by atomic mass is 32.2. The van der Waals surface area contributed by atoms with Gasteiger partial charge in [0, 0.05) is 19.2 Å². The van der Waals surface area contributed by atoms with Crippen LogP contribution in [0.25, 0.3) is 6.08 Å². The Balaban J connectivity index is 1.80. The van der Waals surface area contributed by atoms with Crippen molar-refractivity contribution in [2.75, 3.05) is 32.1 Å². The van der Waals surface area contributed by atoms with Crippen LogP contribution in [-0.4, -0.2) is 45.4 Å². The number of anilines is 1. The van der Waals surface area contributed by atoms with Crippen molar-refractivity contribution in [2.24, 2.45) is 0 Å². The highest BCUT2D eigenvalue weighted by molar-refractivity contribution is 7.89. The lowest BCUT2D eigenvalue weighted by Gasteiger charge is -2.26. The smallest absolute Gasteiger partial charge is 0.248 e. The second-order valence-electron chi connectivity index (χ2n) is 7.15. The second-order valence-corrected chi connectivity index (χ2v) is 9.09. The topological polar surface area (TPSA) is 84.9 Å². The molecule has 1 saturated heterocycles. The summed E-state index contributed by atoms with van der Waals surface area (Å²) in [6.07, 6.45) is 5.82. The Morgan fingerprint density at radius 3 is 2.45 bits per heavy atom. The molecule has 0 aliphatic carbocycles. The second kappa shape index (κ2) is 10.5. The number of benzene rings is 2. The Bertz CT molecular complexity index is 1030. The van der Waals surface area contributed by atoms with E-state index < -0.39 is 10.0 Å². The Kier molecular flexibility index (Phi) is 7.70. The number of nitrogens with one attached hydrogen (secondary N) is 1. The number of rotatable bonds is 8. The molecule has 0 bridgehead atoms. The molecule has 1 aliphatic rings. The Labute approximate surface area is 183 Å². The fourth-order valence-electron chi connectivity index (χ4n) is 3.36. The monoisotopic (exact) mass is 444 g/mol. The number of ether oxygens (including phenoxy) is 2. The maximum Gasteiger partial charge on any atom is 0.248 e.